The highest BCUT2D eigenvalue weighted by molar-refractivity contribution is 6.30. The molecule has 1 aromatic carbocycles. The van der Waals surface area contributed by atoms with Crippen LogP contribution in [0.15, 0.2) is 24.3 Å². The molecule has 1 aromatic rings. The fourth-order valence-electron chi connectivity index (χ4n) is 1.51. The predicted molar refractivity (Wildman–Crippen MR) is 63.1 cm³/mol. The maximum Gasteiger partial charge on any atom is 0.226 e. The van der Waals surface area contributed by atoms with Gasteiger partial charge in [-0.05, 0) is 31.5 Å². The van der Waals surface area contributed by atoms with Gasteiger partial charge in [-0.3, -0.25) is 4.79 Å². The molecule has 0 aliphatic rings. The van der Waals surface area contributed by atoms with E-state index in [0.717, 1.165) is 18.7 Å². The van der Waals surface area contributed by atoms with Gasteiger partial charge in [0.25, 0.3) is 0 Å². The summed E-state index contributed by atoms with van der Waals surface area (Å²) in [5.74, 6) is 0.155. The van der Waals surface area contributed by atoms with Crippen LogP contribution < -0.4 is 0 Å². The molecule has 0 bridgehead atoms. The Balaban J connectivity index is 2.65. The summed E-state index contributed by atoms with van der Waals surface area (Å²) in [7, 11) is 0. The van der Waals surface area contributed by atoms with Gasteiger partial charge in [0.2, 0.25) is 5.91 Å². The van der Waals surface area contributed by atoms with Crippen molar-refractivity contribution >= 4 is 17.5 Å². The molecule has 0 spiro atoms. The van der Waals surface area contributed by atoms with Crippen LogP contribution in [0, 0.1) is 0 Å². The molecule has 1 rings (SSSR count). The van der Waals surface area contributed by atoms with Gasteiger partial charge in [0.15, 0.2) is 0 Å². The van der Waals surface area contributed by atoms with E-state index in [0.29, 0.717) is 11.4 Å². The van der Waals surface area contributed by atoms with Gasteiger partial charge in [0.05, 0.1) is 6.42 Å². The van der Waals surface area contributed by atoms with E-state index in [1.807, 2.05) is 43.0 Å². The Morgan fingerprint density at radius 3 is 2.53 bits per heavy atom. The van der Waals surface area contributed by atoms with Crippen molar-refractivity contribution in [3.8, 4) is 0 Å². The normalized spacial score (nSPS) is 10.1. The van der Waals surface area contributed by atoms with Crippen molar-refractivity contribution in [1.82, 2.24) is 4.90 Å². The van der Waals surface area contributed by atoms with Crippen molar-refractivity contribution < 1.29 is 4.79 Å². The molecule has 0 aromatic heterocycles. The van der Waals surface area contributed by atoms with Crippen molar-refractivity contribution in [1.29, 1.82) is 0 Å². The summed E-state index contributed by atoms with van der Waals surface area (Å²) >= 11 is 5.85. The van der Waals surface area contributed by atoms with Crippen LogP contribution in [0.5, 0.6) is 0 Å². The highest BCUT2D eigenvalue weighted by Gasteiger charge is 2.09. The minimum Gasteiger partial charge on any atom is -0.343 e. The number of rotatable bonds is 4. The van der Waals surface area contributed by atoms with Crippen LogP contribution >= 0.6 is 11.6 Å². The first-order valence-corrected chi connectivity index (χ1v) is 5.57. The van der Waals surface area contributed by atoms with Crippen LogP contribution in [0.1, 0.15) is 19.4 Å². The first-order chi connectivity index (χ1) is 7.17. The Bertz CT molecular complexity index is 334. The van der Waals surface area contributed by atoms with E-state index in [2.05, 4.69) is 0 Å². The number of benzene rings is 1. The molecule has 0 aliphatic heterocycles. The summed E-state index contributed by atoms with van der Waals surface area (Å²) in [4.78, 5) is 13.6. The fraction of sp³-hybridized carbons (Fsp3) is 0.417. The van der Waals surface area contributed by atoms with Gasteiger partial charge in [-0.2, -0.15) is 0 Å². The Morgan fingerprint density at radius 2 is 2.00 bits per heavy atom. The monoisotopic (exact) mass is 225 g/mol. The molecular formula is C12H16ClNO. The van der Waals surface area contributed by atoms with Crippen molar-refractivity contribution in [2.75, 3.05) is 13.1 Å². The van der Waals surface area contributed by atoms with Gasteiger partial charge >= 0.3 is 0 Å². The molecule has 0 saturated heterocycles. The zero-order valence-electron chi connectivity index (χ0n) is 9.16. The SMILES string of the molecule is CCN(CC)C(=O)Cc1cccc(Cl)c1. The van der Waals surface area contributed by atoms with Gasteiger partial charge in [0.1, 0.15) is 0 Å². The summed E-state index contributed by atoms with van der Waals surface area (Å²) in [5, 5.41) is 0.680. The van der Waals surface area contributed by atoms with E-state index in [1.165, 1.54) is 0 Å². The fourth-order valence-corrected chi connectivity index (χ4v) is 1.72. The Morgan fingerprint density at radius 1 is 1.33 bits per heavy atom. The van der Waals surface area contributed by atoms with Crippen molar-refractivity contribution in [3.63, 3.8) is 0 Å². The molecule has 0 heterocycles. The van der Waals surface area contributed by atoms with Crippen molar-refractivity contribution in [2.24, 2.45) is 0 Å². The number of hydrogen-bond acceptors (Lipinski definition) is 1. The van der Waals surface area contributed by atoms with Gasteiger partial charge < -0.3 is 4.90 Å². The lowest BCUT2D eigenvalue weighted by molar-refractivity contribution is -0.130. The van der Waals surface area contributed by atoms with Crippen LogP contribution in [0.25, 0.3) is 0 Å². The van der Waals surface area contributed by atoms with Crippen LogP contribution in [-0.4, -0.2) is 23.9 Å². The van der Waals surface area contributed by atoms with E-state index in [9.17, 15) is 4.79 Å². The second kappa shape index (κ2) is 5.76. The maximum atomic E-state index is 11.8. The van der Waals surface area contributed by atoms with Crippen molar-refractivity contribution in [3.05, 3.63) is 34.9 Å². The number of nitrogens with zero attached hydrogens (tertiary/aromatic N) is 1. The van der Waals surface area contributed by atoms with Crippen LogP contribution in [0.4, 0.5) is 0 Å². The molecule has 2 nitrogen and oxygen atoms in total. The number of amides is 1. The number of carbonyl (C=O) groups is 1. The van der Waals surface area contributed by atoms with Gasteiger partial charge in [-0.25, -0.2) is 0 Å². The van der Waals surface area contributed by atoms with Crippen LogP contribution in [0.3, 0.4) is 0 Å². The van der Waals surface area contributed by atoms with Gasteiger partial charge in [0, 0.05) is 18.1 Å². The quantitative estimate of drug-likeness (QED) is 0.772. The third kappa shape index (κ3) is 3.56. The van der Waals surface area contributed by atoms with Gasteiger partial charge in [-0.1, -0.05) is 23.7 Å². The lowest BCUT2D eigenvalue weighted by Gasteiger charge is -2.18. The van der Waals surface area contributed by atoms with Crippen LogP contribution in [0.2, 0.25) is 5.02 Å². The molecule has 1 amide bonds. The molecule has 0 aliphatic carbocycles. The zero-order valence-corrected chi connectivity index (χ0v) is 9.92. The standard InChI is InChI=1S/C12H16ClNO/c1-3-14(4-2)12(15)9-10-6-5-7-11(13)8-10/h5-8H,3-4,9H2,1-2H3. The third-order valence-corrected chi connectivity index (χ3v) is 2.60. The summed E-state index contributed by atoms with van der Waals surface area (Å²) in [5.41, 5.74) is 0.972. The molecule has 0 N–H and O–H groups in total. The largest absolute Gasteiger partial charge is 0.343 e. The smallest absolute Gasteiger partial charge is 0.226 e. The van der Waals surface area contributed by atoms with E-state index >= 15 is 0 Å². The molecule has 0 saturated carbocycles. The molecule has 82 valence electrons. The van der Waals surface area contributed by atoms with Crippen molar-refractivity contribution in [2.45, 2.75) is 20.3 Å². The molecule has 0 unspecified atom stereocenters. The average molecular weight is 226 g/mol. The number of likely N-dealkylation sites (N-methyl/N-ethyl adjacent to an activating group) is 1. The summed E-state index contributed by atoms with van der Waals surface area (Å²) < 4.78 is 0. The Hall–Kier alpha value is -1.02. The van der Waals surface area contributed by atoms with E-state index in [4.69, 9.17) is 11.6 Å². The van der Waals surface area contributed by atoms with Gasteiger partial charge in [-0.15, -0.1) is 0 Å². The molecule has 0 radical (unpaired) electrons. The second-order valence-electron chi connectivity index (χ2n) is 3.37. The first kappa shape index (κ1) is 12.1. The Kier molecular flexibility index (Phi) is 4.63. The third-order valence-electron chi connectivity index (χ3n) is 2.36. The summed E-state index contributed by atoms with van der Waals surface area (Å²) in [6, 6.07) is 7.44. The van der Waals surface area contributed by atoms with E-state index in [-0.39, 0.29) is 5.91 Å². The highest BCUT2D eigenvalue weighted by atomic mass is 35.5. The van der Waals surface area contributed by atoms with E-state index < -0.39 is 0 Å². The molecule has 0 atom stereocenters. The molecule has 15 heavy (non-hydrogen) atoms. The summed E-state index contributed by atoms with van der Waals surface area (Å²) in [6.45, 7) is 5.49. The zero-order chi connectivity index (χ0) is 11.3. The maximum absolute atomic E-state index is 11.8. The van der Waals surface area contributed by atoms with Crippen LogP contribution in [-0.2, 0) is 11.2 Å². The predicted octanol–water partition coefficient (Wildman–Crippen LogP) is 2.75. The number of hydrogen-bond donors (Lipinski definition) is 0. The molecular weight excluding hydrogens is 210 g/mol. The average Bonchev–Trinajstić information content (AvgIpc) is 2.19. The summed E-state index contributed by atoms with van der Waals surface area (Å²) in [6.07, 6.45) is 0.433. The first-order valence-electron chi connectivity index (χ1n) is 5.19. The minimum absolute atomic E-state index is 0.155. The second-order valence-corrected chi connectivity index (χ2v) is 3.81. The Labute approximate surface area is 95.8 Å². The lowest BCUT2D eigenvalue weighted by Crippen LogP contribution is -2.31. The molecule has 3 heteroatoms. The minimum atomic E-state index is 0.155. The lowest BCUT2D eigenvalue weighted by atomic mass is 10.1. The molecule has 0 fully saturated rings. The number of halogens is 1. The topological polar surface area (TPSA) is 20.3 Å². The van der Waals surface area contributed by atoms with E-state index in [1.54, 1.807) is 0 Å². The number of carbonyl (C=O) groups excluding carboxylic acids is 1. The highest BCUT2D eigenvalue weighted by Crippen LogP contribution is 2.11.